The minimum atomic E-state index is -3.76. The van der Waals surface area contributed by atoms with Gasteiger partial charge in [-0.05, 0) is 48.5 Å². The zero-order chi connectivity index (χ0) is 15.5. The van der Waals surface area contributed by atoms with Gasteiger partial charge in [-0.2, -0.15) is 8.78 Å². The largest absolute Gasteiger partial charge is 0.435 e. The molecule has 0 aliphatic rings. The Morgan fingerprint density at radius 2 is 1.57 bits per heavy atom. The lowest BCUT2D eigenvalue weighted by atomic mass is 10.3. The van der Waals surface area contributed by atoms with Crippen molar-refractivity contribution < 1.29 is 21.9 Å². The summed E-state index contributed by atoms with van der Waals surface area (Å²) in [6.07, 6.45) is 0. The van der Waals surface area contributed by atoms with Crippen LogP contribution in [0.3, 0.4) is 0 Å². The van der Waals surface area contributed by atoms with Crippen molar-refractivity contribution in [1.29, 1.82) is 0 Å². The van der Waals surface area contributed by atoms with E-state index in [4.69, 9.17) is 11.6 Å². The van der Waals surface area contributed by atoms with Gasteiger partial charge >= 0.3 is 6.61 Å². The van der Waals surface area contributed by atoms with E-state index in [2.05, 4.69) is 9.46 Å². The quantitative estimate of drug-likeness (QED) is 0.906. The van der Waals surface area contributed by atoms with E-state index >= 15 is 0 Å². The first-order valence-corrected chi connectivity index (χ1v) is 7.56. The molecule has 0 saturated heterocycles. The van der Waals surface area contributed by atoms with Crippen molar-refractivity contribution in [3.05, 3.63) is 53.6 Å². The highest BCUT2D eigenvalue weighted by molar-refractivity contribution is 7.92. The maximum atomic E-state index is 12.1. The van der Waals surface area contributed by atoms with E-state index < -0.39 is 16.6 Å². The third-order valence-corrected chi connectivity index (χ3v) is 4.10. The monoisotopic (exact) mass is 333 g/mol. The minimum Gasteiger partial charge on any atom is -0.435 e. The summed E-state index contributed by atoms with van der Waals surface area (Å²) in [4.78, 5) is 0.0415. The summed E-state index contributed by atoms with van der Waals surface area (Å²) in [6.45, 7) is -2.93. The van der Waals surface area contributed by atoms with Gasteiger partial charge in [0.05, 0.1) is 4.90 Å². The van der Waals surface area contributed by atoms with Crippen molar-refractivity contribution in [2.45, 2.75) is 11.5 Å². The van der Waals surface area contributed by atoms with Gasteiger partial charge in [-0.1, -0.05) is 11.6 Å². The van der Waals surface area contributed by atoms with Gasteiger partial charge in [-0.15, -0.1) is 0 Å². The molecule has 112 valence electrons. The number of anilines is 1. The Morgan fingerprint density at radius 3 is 2.10 bits per heavy atom. The molecule has 0 saturated carbocycles. The maximum Gasteiger partial charge on any atom is 0.387 e. The topological polar surface area (TPSA) is 55.4 Å². The van der Waals surface area contributed by atoms with Crippen LogP contribution in [0.1, 0.15) is 0 Å². The molecule has 0 spiro atoms. The normalized spacial score (nSPS) is 11.4. The van der Waals surface area contributed by atoms with Gasteiger partial charge in [0.2, 0.25) is 0 Å². The lowest BCUT2D eigenvalue weighted by Crippen LogP contribution is -2.12. The Morgan fingerprint density at radius 1 is 1.00 bits per heavy atom. The maximum absolute atomic E-state index is 12.1. The SMILES string of the molecule is O=S(=O)(Nc1ccc(OC(F)F)cc1)c1ccc(Cl)cc1. The number of nitrogens with one attached hydrogen (secondary N) is 1. The van der Waals surface area contributed by atoms with E-state index in [1.807, 2.05) is 0 Å². The number of rotatable bonds is 5. The summed E-state index contributed by atoms with van der Waals surface area (Å²) < 4.78 is 54.6. The second-order valence-electron chi connectivity index (χ2n) is 3.96. The summed E-state index contributed by atoms with van der Waals surface area (Å²) >= 11 is 5.69. The lowest BCUT2D eigenvalue weighted by molar-refractivity contribution is -0.0498. The van der Waals surface area contributed by atoms with Gasteiger partial charge in [0.15, 0.2) is 0 Å². The Bertz CT molecular complexity index is 703. The molecule has 21 heavy (non-hydrogen) atoms. The molecule has 0 amide bonds. The average Bonchev–Trinajstić information content (AvgIpc) is 2.40. The molecule has 2 aromatic rings. The highest BCUT2D eigenvalue weighted by Gasteiger charge is 2.14. The van der Waals surface area contributed by atoms with E-state index in [9.17, 15) is 17.2 Å². The molecule has 0 unspecified atom stereocenters. The standard InChI is InChI=1S/C13H10ClF2NO3S/c14-9-1-7-12(8-2-9)21(18,19)17-10-3-5-11(6-4-10)20-13(15)16/h1-8,13,17H. The summed E-state index contributed by atoms with van der Waals surface area (Å²) in [6, 6.07) is 10.8. The number of benzene rings is 2. The van der Waals surface area contributed by atoms with Crippen LogP contribution in [-0.2, 0) is 10.0 Å². The fraction of sp³-hybridized carbons (Fsp3) is 0.0769. The minimum absolute atomic E-state index is 0.0415. The lowest BCUT2D eigenvalue weighted by Gasteiger charge is -2.09. The second-order valence-corrected chi connectivity index (χ2v) is 6.08. The van der Waals surface area contributed by atoms with Crippen molar-refractivity contribution in [1.82, 2.24) is 0 Å². The van der Waals surface area contributed by atoms with Gasteiger partial charge in [0.1, 0.15) is 5.75 Å². The third-order valence-electron chi connectivity index (χ3n) is 2.46. The van der Waals surface area contributed by atoms with Crippen molar-refractivity contribution in [2.24, 2.45) is 0 Å². The van der Waals surface area contributed by atoms with Crippen LogP contribution in [0.25, 0.3) is 0 Å². The van der Waals surface area contributed by atoms with Crippen LogP contribution in [0.2, 0.25) is 5.02 Å². The van der Waals surface area contributed by atoms with Gasteiger partial charge in [-0.25, -0.2) is 8.42 Å². The van der Waals surface area contributed by atoms with Crippen molar-refractivity contribution in [3.8, 4) is 5.75 Å². The van der Waals surface area contributed by atoms with Crippen LogP contribution in [0.5, 0.6) is 5.75 Å². The summed E-state index contributed by atoms with van der Waals surface area (Å²) in [5.41, 5.74) is 0.228. The molecule has 0 aromatic heterocycles. The molecule has 0 atom stereocenters. The van der Waals surface area contributed by atoms with E-state index in [1.165, 1.54) is 48.5 Å². The molecule has 0 fully saturated rings. The second kappa shape index (κ2) is 6.28. The van der Waals surface area contributed by atoms with Crippen molar-refractivity contribution in [2.75, 3.05) is 4.72 Å². The van der Waals surface area contributed by atoms with Crippen LogP contribution in [0.15, 0.2) is 53.4 Å². The highest BCUT2D eigenvalue weighted by Crippen LogP contribution is 2.21. The fourth-order valence-electron chi connectivity index (χ4n) is 1.53. The Labute approximate surface area is 125 Å². The van der Waals surface area contributed by atoms with Crippen LogP contribution in [0.4, 0.5) is 14.5 Å². The first kappa shape index (κ1) is 15.5. The molecular weight excluding hydrogens is 324 g/mol. The van der Waals surface area contributed by atoms with E-state index in [0.29, 0.717) is 5.02 Å². The smallest absolute Gasteiger partial charge is 0.387 e. The number of hydrogen-bond acceptors (Lipinski definition) is 3. The predicted molar refractivity (Wildman–Crippen MR) is 75.3 cm³/mol. The zero-order valence-electron chi connectivity index (χ0n) is 10.5. The fourth-order valence-corrected chi connectivity index (χ4v) is 2.72. The van der Waals surface area contributed by atoms with Gasteiger partial charge in [0, 0.05) is 10.7 Å². The van der Waals surface area contributed by atoms with Crippen LogP contribution >= 0.6 is 11.6 Å². The molecule has 1 N–H and O–H groups in total. The van der Waals surface area contributed by atoms with Crippen molar-refractivity contribution in [3.63, 3.8) is 0 Å². The van der Waals surface area contributed by atoms with E-state index in [0.717, 1.165) is 0 Å². The van der Waals surface area contributed by atoms with Gasteiger partial charge in [0.25, 0.3) is 10.0 Å². The molecule has 0 aliphatic carbocycles. The zero-order valence-corrected chi connectivity index (χ0v) is 12.0. The molecule has 0 heterocycles. The number of ether oxygens (including phenoxy) is 1. The van der Waals surface area contributed by atoms with Gasteiger partial charge in [-0.3, -0.25) is 4.72 Å². The Kier molecular flexibility index (Phi) is 4.64. The summed E-state index contributed by atoms with van der Waals surface area (Å²) in [7, 11) is -3.76. The number of hydrogen-bond donors (Lipinski definition) is 1. The van der Waals surface area contributed by atoms with Crippen LogP contribution < -0.4 is 9.46 Å². The van der Waals surface area contributed by atoms with E-state index in [-0.39, 0.29) is 16.3 Å². The van der Waals surface area contributed by atoms with E-state index in [1.54, 1.807) is 0 Å². The summed E-state index contributed by atoms with van der Waals surface area (Å²) in [5, 5.41) is 0.419. The first-order valence-electron chi connectivity index (χ1n) is 5.70. The van der Waals surface area contributed by atoms with Crippen molar-refractivity contribution >= 4 is 27.3 Å². The Balaban J connectivity index is 2.15. The third kappa shape index (κ3) is 4.30. The number of halogens is 3. The molecule has 2 rings (SSSR count). The van der Waals surface area contributed by atoms with Crippen LogP contribution in [0, 0.1) is 0 Å². The molecule has 8 heteroatoms. The molecule has 2 aromatic carbocycles. The average molecular weight is 334 g/mol. The first-order chi connectivity index (χ1) is 9.87. The Hall–Kier alpha value is -1.86. The summed E-state index contributed by atoms with van der Waals surface area (Å²) in [5.74, 6) is -0.0561. The predicted octanol–water partition coefficient (Wildman–Crippen LogP) is 3.74. The molecule has 4 nitrogen and oxygen atoms in total. The van der Waals surface area contributed by atoms with Gasteiger partial charge < -0.3 is 4.74 Å². The molecule has 0 aliphatic heterocycles. The molecule has 0 radical (unpaired) electrons. The molecular formula is C13H10ClF2NO3S. The van der Waals surface area contributed by atoms with Crippen LogP contribution in [-0.4, -0.2) is 15.0 Å². The highest BCUT2D eigenvalue weighted by atomic mass is 35.5. The molecule has 0 bridgehead atoms. The number of alkyl halides is 2. The number of sulfonamides is 1.